The molecule has 0 spiro atoms. The molecule has 3 unspecified atom stereocenters. The van der Waals surface area contributed by atoms with E-state index in [1.807, 2.05) is 0 Å². The minimum Gasteiger partial charge on any atom is -0.480 e. The third-order valence-corrected chi connectivity index (χ3v) is 10.8. The minimum atomic E-state index is -4.62. The van der Waals surface area contributed by atoms with Crippen molar-refractivity contribution in [1.29, 1.82) is 0 Å². The average Bonchev–Trinajstić information content (AvgIpc) is 3.19. The summed E-state index contributed by atoms with van der Waals surface area (Å²) in [4.78, 5) is 33.6. The van der Waals surface area contributed by atoms with Crippen molar-refractivity contribution < 1.29 is 42.7 Å². The highest BCUT2D eigenvalue weighted by Crippen LogP contribution is 2.43. The summed E-state index contributed by atoms with van der Waals surface area (Å²) in [6.07, 6.45) is 47.6. The fourth-order valence-electron chi connectivity index (χ4n) is 6.28. The van der Waals surface area contributed by atoms with Gasteiger partial charge in [-0.05, 0) is 70.6 Å². The molecule has 0 bridgehead atoms. The van der Waals surface area contributed by atoms with Crippen molar-refractivity contribution in [2.45, 2.75) is 219 Å². The largest absolute Gasteiger partial charge is 0.480 e. The van der Waals surface area contributed by atoms with Gasteiger partial charge in [-0.2, -0.15) is 0 Å². The SMILES string of the molecule is CCCCC/C=C\C/C=C\CCCCCCCCCCCC(=O)OC(COCCCCCCCC/C=C\CCCCCCCC)COP(=O)(O)OCC(N)C(=O)O. The number of ether oxygens (including phenoxy) is 2. The maximum absolute atomic E-state index is 12.7. The van der Waals surface area contributed by atoms with E-state index >= 15 is 0 Å². The van der Waals surface area contributed by atoms with E-state index in [0.717, 1.165) is 57.8 Å². The number of allylic oxidation sites excluding steroid dienone is 6. The van der Waals surface area contributed by atoms with E-state index in [0.29, 0.717) is 13.0 Å². The Hall–Kier alpha value is -1.81. The lowest BCUT2D eigenvalue weighted by Crippen LogP contribution is -2.34. The van der Waals surface area contributed by atoms with Gasteiger partial charge in [0.1, 0.15) is 12.1 Å². The van der Waals surface area contributed by atoms with Crippen LogP contribution in [0.15, 0.2) is 36.5 Å². The van der Waals surface area contributed by atoms with Crippen molar-refractivity contribution in [3.63, 3.8) is 0 Å². The Kier molecular flexibility index (Phi) is 41.0. The maximum Gasteiger partial charge on any atom is 0.472 e. The number of phosphoric ester groups is 1. The Bertz CT molecular complexity index is 1050. The standard InChI is InChI=1S/C46H86NO9P/c1-3-5-7-9-11-13-15-17-19-21-22-23-24-26-28-30-32-34-36-38-45(48)56-43(41-54-57(51,52)55-42-44(47)46(49)50)40-53-39-37-35-33-31-29-27-25-20-18-16-14-12-10-8-6-4-2/h11,13,17-20,43-44H,3-10,12,14-16,21-42,47H2,1-2H3,(H,49,50)(H,51,52)/b13-11-,19-17-,20-18-. The van der Waals surface area contributed by atoms with Crippen LogP contribution in [-0.2, 0) is 32.7 Å². The predicted octanol–water partition coefficient (Wildman–Crippen LogP) is 12.9. The van der Waals surface area contributed by atoms with Gasteiger partial charge in [0.25, 0.3) is 0 Å². The molecule has 0 aromatic rings. The van der Waals surface area contributed by atoms with Crippen LogP contribution in [0.1, 0.15) is 206 Å². The van der Waals surface area contributed by atoms with Gasteiger partial charge >= 0.3 is 19.8 Å². The second kappa shape index (κ2) is 42.3. The topological polar surface area (TPSA) is 155 Å². The first kappa shape index (κ1) is 55.2. The summed E-state index contributed by atoms with van der Waals surface area (Å²) in [5, 5.41) is 8.90. The van der Waals surface area contributed by atoms with Crippen LogP contribution in [0.3, 0.4) is 0 Å². The number of carboxylic acids is 1. The molecule has 0 aromatic carbocycles. The summed E-state index contributed by atoms with van der Waals surface area (Å²) >= 11 is 0. The van der Waals surface area contributed by atoms with Crippen molar-refractivity contribution in [3.8, 4) is 0 Å². The van der Waals surface area contributed by atoms with Crippen molar-refractivity contribution in [3.05, 3.63) is 36.5 Å². The molecule has 3 atom stereocenters. The van der Waals surface area contributed by atoms with Gasteiger partial charge in [0, 0.05) is 13.0 Å². The van der Waals surface area contributed by atoms with E-state index in [1.54, 1.807) is 0 Å². The summed E-state index contributed by atoms with van der Waals surface area (Å²) in [7, 11) is -4.62. The van der Waals surface area contributed by atoms with E-state index < -0.39 is 45.1 Å². The van der Waals surface area contributed by atoms with Gasteiger partial charge in [0.05, 0.1) is 19.8 Å². The highest BCUT2D eigenvalue weighted by Gasteiger charge is 2.27. The molecule has 4 N–H and O–H groups in total. The normalized spacial score (nSPS) is 14.2. The molecule has 0 aliphatic carbocycles. The third-order valence-electron chi connectivity index (χ3n) is 9.89. The van der Waals surface area contributed by atoms with Crippen LogP contribution in [0.4, 0.5) is 0 Å². The van der Waals surface area contributed by atoms with Gasteiger partial charge in [-0.15, -0.1) is 0 Å². The van der Waals surface area contributed by atoms with Gasteiger partial charge in [-0.3, -0.25) is 18.6 Å². The first-order valence-electron chi connectivity index (χ1n) is 23.0. The third kappa shape index (κ3) is 42.1. The fourth-order valence-corrected chi connectivity index (χ4v) is 7.05. The maximum atomic E-state index is 12.7. The smallest absolute Gasteiger partial charge is 0.472 e. The number of hydrogen-bond acceptors (Lipinski definition) is 8. The highest BCUT2D eigenvalue weighted by molar-refractivity contribution is 7.47. The first-order valence-corrected chi connectivity index (χ1v) is 24.5. The summed E-state index contributed by atoms with van der Waals surface area (Å²) in [5.74, 6) is -1.78. The zero-order valence-corrected chi connectivity index (χ0v) is 37.3. The molecule has 11 heteroatoms. The zero-order chi connectivity index (χ0) is 41.9. The lowest BCUT2D eigenvalue weighted by Gasteiger charge is -2.20. The van der Waals surface area contributed by atoms with Crippen LogP contribution in [-0.4, -0.2) is 60.5 Å². The molecule has 0 radical (unpaired) electrons. The van der Waals surface area contributed by atoms with Crippen molar-refractivity contribution in [2.75, 3.05) is 26.4 Å². The Morgan fingerprint density at radius 1 is 0.561 bits per heavy atom. The van der Waals surface area contributed by atoms with Crippen LogP contribution >= 0.6 is 7.82 Å². The Labute approximate surface area is 348 Å². The second-order valence-electron chi connectivity index (χ2n) is 15.5. The van der Waals surface area contributed by atoms with E-state index in [4.69, 9.17) is 29.4 Å². The van der Waals surface area contributed by atoms with E-state index in [9.17, 15) is 19.0 Å². The van der Waals surface area contributed by atoms with Crippen molar-refractivity contribution >= 4 is 19.8 Å². The number of phosphoric acid groups is 1. The van der Waals surface area contributed by atoms with Gasteiger partial charge in [0.15, 0.2) is 0 Å². The second-order valence-corrected chi connectivity index (χ2v) is 17.0. The fraction of sp³-hybridized carbons (Fsp3) is 0.826. The molecule has 57 heavy (non-hydrogen) atoms. The quantitative estimate of drug-likeness (QED) is 0.0234. The van der Waals surface area contributed by atoms with Crippen molar-refractivity contribution in [2.24, 2.45) is 5.73 Å². The Morgan fingerprint density at radius 3 is 1.47 bits per heavy atom. The predicted molar refractivity (Wildman–Crippen MR) is 235 cm³/mol. The lowest BCUT2D eigenvalue weighted by atomic mass is 10.1. The summed E-state index contributed by atoms with van der Waals surface area (Å²) < 4.78 is 33.4. The van der Waals surface area contributed by atoms with Crippen molar-refractivity contribution in [1.82, 2.24) is 0 Å². The molecular weight excluding hydrogens is 741 g/mol. The molecule has 334 valence electrons. The molecule has 0 aromatic heterocycles. The van der Waals surface area contributed by atoms with Gasteiger partial charge in [-0.1, -0.05) is 166 Å². The molecule has 0 aliphatic heterocycles. The van der Waals surface area contributed by atoms with Crippen LogP contribution < -0.4 is 5.73 Å². The minimum absolute atomic E-state index is 0.0122. The Balaban J connectivity index is 4.21. The van der Waals surface area contributed by atoms with E-state index in [-0.39, 0.29) is 13.0 Å². The van der Waals surface area contributed by atoms with Crippen LogP contribution in [0.2, 0.25) is 0 Å². The van der Waals surface area contributed by atoms with E-state index in [1.165, 1.54) is 122 Å². The molecular formula is C46H86NO9P. The van der Waals surface area contributed by atoms with Crippen LogP contribution in [0.25, 0.3) is 0 Å². The summed E-state index contributed by atoms with van der Waals surface area (Å²) in [6.45, 7) is 3.85. The molecule has 0 saturated heterocycles. The lowest BCUT2D eigenvalue weighted by molar-refractivity contribution is -0.154. The summed E-state index contributed by atoms with van der Waals surface area (Å²) in [5.41, 5.74) is 5.36. The average molecular weight is 828 g/mol. The molecule has 0 fully saturated rings. The number of unbranched alkanes of at least 4 members (excludes halogenated alkanes) is 24. The van der Waals surface area contributed by atoms with Gasteiger partial charge < -0.3 is 25.2 Å². The molecule has 10 nitrogen and oxygen atoms in total. The number of hydrogen-bond donors (Lipinski definition) is 3. The molecule has 0 amide bonds. The van der Waals surface area contributed by atoms with Crippen LogP contribution in [0.5, 0.6) is 0 Å². The molecule has 0 heterocycles. The first-order chi connectivity index (χ1) is 27.7. The van der Waals surface area contributed by atoms with Crippen LogP contribution in [0, 0.1) is 0 Å². The molecule has 0 saturated carbocycles. The zero-order valence-electron chi connectivity index (χ0n) is 36.4. The number of rotatable bonds is 44. The monoisotopic (exact) mass is 828 g/mol. The highest BCUT2D eigenvalue weighted by atomic mass is 31.2. The number of esters is 1. The number of aliphatic carboxylic acids is 1. The summed E-state index contributed by atoms with van der Waals surface area (Å²) in [6, 6.07) is -1.47. The Morgan fingerprint density at radius 2 is 0.965 bits per heavy atom. The molecule has 0 rings (SSSR count). The number of nitrogens with two attached hydrogens (primary N) is 1. The van der Waals surface area contributed by atoms with E-state index in [2.05, 4.69) is 50.3 Å². The number of carboxylic acid groups (broad SMARTS) is 1. The van der Waals surface area contributed by atoms with Gasteiger partial charge in [-0.25, -0.2) is 4.57 Å². The van der Waals surface area contributed by atoms with Gasteiger partial charge in [0.2, 0.25) is 0 Å². The number of carbonyl (C=O) groups excluding carboxylic acids is 1. The molecule has 0 aliphatic rings. The number of carbonyl (C=O) groups is 2.